The molecule has 0 unspecified atom stereocenters. The van der Waals surface area contributed by atoms with Crippen LogP contribution in [-0.4, -0.2) is 36.5 Å². The van der Waals surface area contributed by atoms with Crippen molar-refractivity contribution in [3.05, 3.63) is 0 Å². The molecule has 0 aromatic carbocycles. The van der Waals surface area contributed by atoms with E-state index in [2.05, 4.69) is 0 Å². The Morgan fingerprint density at radius 1 is 1.25 bits per heavy atom. The van der Waals surface area contributed by atoms with E-state index in [1.807, 2.05) is 0 Å². The first kappa shape index (κ1) is 11.9. The molecule has 1 saturated carbocycles. The van der Waals surface area contributed by atoms with Crippen LogP contribution in [0.3, 0.4) is 0 Å². The Balaban J connectivity index is 1.81. The number of rotatable bonds is 3. The van der Waals surface area contributed by atoms with Gasteiger partial charge in [0, 0.05) is 6.42 Å². The zero-order valence-electron chi connectivity index (χ0n) is 9.56. The first-order chi connectivity index (χ1) is 7.81. The molecule has 2 rings (SSSR count). The fourth-order valence-electron chi connectivity index (χ4n) is 2.52. The second-order valence-corrected chi connectivity index (χ2v) is 4.69. The van der Waals surface area contributed by atoms with Gasteiger partial charge in [-0.2, -0.15) is 0 Å². The van der Waals surface area contributed by atoms with Crippen LogP contribution in [0.25, 0.3) is 0 Å². The molecule has 4 nitrogen and oxygen atoms in total. The molecule has 1 aliphatic carbocycles. The summed E-state index contributed by atoms with van der Waals surface area (Å²) in [5.74, 6) is -0.0117. The Morgan fingerprint density at radius 2 is 2.00 bits per heavy atom. The molecule has 1 N–H and O–H groups in total. The maximum Gasteiger partial charge on any atom is 0.309 e. The van der Waals surface area contributed by atoms with Gasteiger partial charge in [0.2, 0.25) is 0 Å². The lowest BCUT2D eigenvalue weighted by atomic mass is 9.89. The van der Waals surface area contributed by atoms with Crippen molar-refractivity contribution in [2.75, 3.05) is 13.2 Å². The Labute approximate surface area is 95.9 Å². The summed E-state index contributed by atoms with van der Waals surface area (Å²) < 4.78 is 10.7. The van der Waals surface area contributed by atoms with Gasteiger partial charge >= 0.3 is 5.97 Å². The van der Waals surface area contributed by atoms with E-state index in [4.69, 9.17) is 14.6 Å². The number of hydrogen-bond donors (Lipinski definition) is 1. The van der Waals surface area contributed by atoms with Crippen LogP contribution in [0.5, 0.6) is 0 Å². The van der Waals surface area contributed by atoms with Crippen molar-refractivity contribution in [3.8, 4) is 0 Å². The van der Waals surface area contributed by atoms with Crippen molar-refractivity contribution in [1.29, 1.82) is 0 Å². The number of carbonyl (C=O) groups excluding carboxylic acids is 1. The number of aliphatic hydroxyl groups is 1. The van der Waals surface area contributed by atoms with E-state index in [9.17, 15) is 4.79 Å². The molecule has 0 amide bonds. The topological polar surface area (TPSA) is 55.8 Å². The van der Waals surface area contributed by atoms with E-state index in [0.29, 0.717) is 13.0 Å². The molecular weight excluding hydrogens is 208 g/mol. The molecule has 1 heterocycles. The number of hydrogen-bond acceptors (Lipinski definition) is 4. The van der Waals surface area contributed by atoms with E-state index in [1.54, 1.807) is 0 Å². The maximum atomic E-state index is 11.9. The van der Waals surface area contributed by atoms with E-state index < -0.39 is 0 Å². The first-order valence-electron chi connectivity index (χ1n) is 6.24. The van der Waals surface area contributed by atoms with Crippen molar-refractivity contribution >= 4 is 5.97 Å². The third-order valence-electron chi connectivity index (χ3n) is 3.53. The average molecular weight is 228 g/mol. The van der Waals surface area contributed by atoms with Gasteiger partial charge in [0.1, 0.15) is 12.2 Å². The van der Waals surface area contributed by atoms with Gasteiger partial charge < -0.3 is 14.6 Å². The van der Waals surface area contributed by atoms with Crippen molar-refractivity contribution < 1.29 is 19.4 Å². The second kappa shape index (κ2) is 5.64. The zero-order chi connectivity index (χ0) is 11.4. The normalized spacial score (nSPS) is 31.6. The summed E-state index contributed by atoms with van der Waals surface area (Å²) in [7, 11) is 0. The summed E-state index contributed by atoms with van der Waals surface area (Å²) in [5.41, 5.74) is 0. The van der Waals surface area contributed by atoms with Crippen molar-refractivity contribution in [2.45, 2.75) is 50.7 Å². The van der Waals surface area contributed by atoms with Crippen LogP contribution in [0, 0.1) is 5.92 Å². The molecule has 0 bridgehead atoms. The van der Waals surface area contributed by atoms with Crippen LogP contribution in [0.1, 0.15) is 38.5 Å². The number of ether oxygens (including phenoxy) is 2. The molecule has 2 fully saturated rings. The monoisotopic (exact) mass is 228 g/mol. The Hall–Kier alpha value is -0.610. The average Bonchev–Trinajstić information content (AvgIpc) is 2.77. The summed E-state index contributed by atoms with van der Waals surface area (Å²) in [6.07, 6.45) is 5.56. The lowest BCUT2D eigenvalue weighted by Crippen LogP contribution is -2.33. The zero-order valence-corrected chi connectivity index (χ0v) is 9.56. The minimum atomic E-state index is -0.312. The predicted octanol–water partition coefficient (Wildman–Crippen LogP) is 1.26. The fourth-order valence-corrected chi connectivity index (χ4v) is 2.52. The number of carbonyl (C=O) groups is 1. The van der Waals surface area contributed by atoms with E-state index in [-0.39, 0.29) is 30.7 Å². The third kappa shape index (κ3) is 2.74. The second-order valence-electron chi connectivity index (χ2n) is 4.69. The van der Waals surface area contributed by atoms with Gasteiger partial charge in [0.05, 0.1) is 19.1 Å². The van der Waals surface area contributed by atoms with Crippen molar-refractivity contribution in [1.82, 2.24) is 0 Å². The highest BCUT2D eigenvalue weighted by molar-refractivity contribution is 5.72. The number of aliphatic hydroxyl groups excluding tert-OH is 1. The molecule has 0 aromatic rings. The maximum absolute atomic E-state index is 11.9. The Kier molecular flexibility index (Phi) is 4.18. The fraction of sp³-hybridized carbons (Fsp3) is 0.917. The van der Waals surface area contributed by atoms with Gasteiger partial charge in [-0.3, -0.25) is 4.79 Å². The van der Waals surface area contributed by atoms with Gasteiger partial charge in [-0.1, -0.05) is 19.3 Å². The van der Waals surface area contributed by atoms with Crippen molar-refractivity contribution in [3.63, 3.8) is 0 Å². The lowest BCUT2D eigenvalue weighted by Gasteiger charge is -2.23. The van der Waals surface area contributed by atoms with Gasteiger partial charge in [0.15, 0.2) is 0 Å². The molecule has 0 aromatic heterocycles. The van der Waals surface area contributed by atoms with Gasteiger partial charge in [-0.15, -0.1) is 0 Å². The highest BCUT2D eigenvalue weighted by atomic mass is 16.6. The summed E-state index contributed by atoms with van der Waals surface area (Å²) in [4.78, 5) is 11.9. The molecule has 2 atom stereocenters. The molecule has 92 valence electrons. The van der Waals surface area contributed by atoms with E-state index in [1.165, 1.54) is 6.42 Å². The van der Waals surface area contributed by atoms with Crippen LogP contribution in [0.2, 0.25) is 0 Å². The Morgan fingerprint density at radius 3 is 2.69 bits per heavy atom. The summed E-state index contributed by atoms with van der Waals surface area (Å²) in [6, 6.07) is 0. The van der Waals surface area contributed by atoms with E-state index in [0.717, 1.165) is 25.7 Å². The van der Waals surface area contributed by atoms with Crippen LogP contribution < -0.4 is 0 Å². The molecule has 2 aliphatic rings. The third-order valence-corrected chi connectivity index (χ3v) is 3.53. The molecule has 16 heavy (non-hydrogen) atoms. The van der Waals surface area contributed by atoms with E-state index >= 15 is 0 Å². The van der Waals surface area contributed by atoms with Gasteiger partial charge in [0.25, 0.3) is 0 Å². The molecule has 1 saturated heterocycles. The standard InChI is InChI=1S/C12H20O4/c13-8-11-10(6-7-15-11)16-12(14)9-4-2-1-3-5-9/h9-11,13H,1-8H2/t10-,11+/m0/s1. The quantitative estimate of drug-likeness (QED) is 0.739. The van der Waals surface area contributed by atoms with Crippen molar-refractivity contribution in [2.24, 2.45) is 5.92 Å². The van der Waals surface area contributed by atoms with Crippen LogP contribution in [0.15, 0.2) is 0 Å². The highest BCUT2D eigenvalue weighted by Gasteiger charge is 2.33. The first-order valence-corrected chi connectivity index (χ1v) is 6.24. The summed E-state index contributed by atoms with van der Waals surface area (Å²) >= 11 is 0. The summed E-state index contributed by atoms with van der Waals surface area (Å²) in [6.45, 7) is 0.510. The lowest BCUT2D eigenvalue weighted by molar-refractivity contribution is -0.158. The van der Waals surface area contributed by atoms with Crippen LogP contribution >= 0.6 is 0 Å². The minimum absolute atomic E-state index is 0.0669. The largest absolute Gasteiger partial charge is 0.459 e. The summed E-state index contributed by atoms with van der Waals surface area (Å²) in [5, 5.41) is 9.04. The number of esters is 1. The Bertz CT molecular complexity index is 235. The highest BCUT2D eigenvalue weighted by Crippen LogP contribution is 2.26. The molecule has 1 aliphatic heterocycles. The minimum Gasteiger partial charge on any atom is -0.459 e. The molecule has 0 spiro atoms. The molecular formula is C12H20O4. The van der Waals surface area contributed by atoms with Gasteiger partial charge in [-0.25, -0.2) is 0 Å². The predicted molar refractivity (Wildman–Crippen MR) is 57.9 cm³/mol. The SMILES string of the molecule is O=C(O[C@H]1CCO[C@@H]1CO)C1CCCCC1. The molecule has 4 heteroatoms. The van der Waals surface area contributed by atoms with Gasteiger partial charge in [-0.05, 0) is 12.8 Å². The smallest absolute Gasteiger partial charge is 0.309 e. The van der Waals surface area contributed by atoms with Crippen LogP contribution in [0.4, 0.5) is 0 Å². The molecule has 0 radical (unpaired) electrons. The van der Waals surface area contributed by atoms with Crippen LogP contribution in [-0.2, 0) is 14.3 Å².